The third kappa shape index (κ3) is 6.67. The van der Waals surface area contributed by atoms with Crippen molar-refractivity contribution in [2.45, 2.75) is 6.92 Å². The van der Waals surface area contributed by atoms with Crippen molar-refractivity contribution in [2.24, 2.45) is 0 Å². The molecule has 12 heteroatoms. The van der Waals surface area contributed by atoms with Gasteiger partial charge < -0.3 is 9.84 Å². The lowest BCUT2D eigenvalue weighted by atomic mass is 10.2. The topological polar surface area (TPSA) is 125 Å². The molecule has 6 rings (SSSR count). The van der Waals surface area contributed by atoms with Crippen molar-refractivity contribution >= 4 is 35.1 Å². The van der Waals surface area contributed by atoms with Crippen molar-refractivity contribution in [2.75, 3.05) is 6.61 Å². The number of aromatic nitrogens is 6. The van der Waals surface area contributed by atoms with E-state index in [2.05, 4.69) is 20.2 Å². The van der Waals surface area contributed by atoms with Crippen molar-refractivity contribution in [1.29, 1.82) is 0 Å². The van der Waals surface area contributed by atoms with Gasteiger partial charge in [0.1, 0.15) is 22.5 Å². The Bertz CT molecular complexity index is 1910. The fourth-order valence-electron chi connectivity index (χ4n) is 4.20. The van der Waals surface area contributed by atoms with E-state index in [-0.39, 0.29) is 11.4 Å². The third-order valence-corrected chi connectivity index (χ3v) is 6.72. The summed E-state index contributed by atoms with van der Waals surface area (Å²) >= 11 is 12.5. The maximum atomic E-state index is 12.1. The minimum absolute atomic E-state index is 0.0660. The summed E-state index contributed by atoms with van der Waals surface area (Å²) in [5.41, 5.74) is 3.37. The van der Waals surface area contributed by atoms with Gasteiger partial charge in [0.25, 0.3) is 0 Å². The molecule has 0 aliphatic carbocycles. The number of nitrogens with zero attached hydrogens (tertiary/aromatic N) is 6. The molecule has 0 spiro atoms. The number of carboxylic acid groups (broad SMARTS) is 1. The minimum Gasteiger partial charge on any atom is -0.478 e. The van der Waals surface area contributed by atoms with Crippen LogP contribution in [0.5, 0.6) is 0 Å². The van der Waals surface area contributed by atoms with E-state index in [1.807, 2.05) is 60.7 Å². The lowest BCUT2D eigenvalue weighted by Crippen LogP contribution is -2.11. The van der Waals surface area contributed by atoms with Gasteiger partial charge >= 0.3 is 11.9 Å². The Morgan fingerprint density at radius 1 is 0.705 bits per heavy atom. The van der Waals surface area contributed by atoms with Crippen LogP contribution in [0.25, 0.3) is 34.2 Å². The Morgan fingerprint density at radius 3 is 1.61 bits per heavy atom. The molecule has 0 saturated heterocycles. The first-order valence-corrected chi connectivity index (χ1v) is 14.0. The molecule has 0 bridgehead atoms. The second-order valence-electron chi connectivity index (χ2n) is 9.05. The highest BCUT2D eigenvalue weighted by Gasteiger charge is 2.19. The zero-order chi connectivity index (χ0) is 31.1. The number of pyridine rings is 2. The summed E-state index contributed by atoms with van der Waals surface area (Å²) < 4.78 is 7.94. The molecule has 1 N–H and O–H groups in total. The molecule has 44 heavy (non-hydrogen) atoms. The molecule has 0 atom stereocenters. The van der Waals surface area contributed by atoms with Crippen LogP contribution in [0.3, 0.4) is 0 Å². The summed E-state index contributed by atoms with van der Waals surface area (Å²) in [6, 6.07) is 25.4. The number of benzene rings is 2. The predicted octanol–water partition coefficient (Wildman–Crippen LogP) is 7.05. The summed E-state index contributed by atoms with van der Waals surface area (Å²) in [4.78, 5) is 31.6. The number of hydrogen-bond acceptors (Lipinski definition) is 7. The van der Waals surface area contributed by atoms with Gasteiger partial charge in [-0.05, 0) is 31.2 Å². The average molecular weight is 627 g/mol. The molecule has 0 aliphatic heterocycles. The van der Waals surface area contributed by atoms with Crippen molar-refractivity contribution in [1.82, 2.24) is 29.5 Å². The Morgan fingerprint density at radius 2 is 1.16 bits per heavy atom. The standard InChI is InChI=1S/C17H14ClN3O2.C15H10ClN3O2/c1-2-23-17(22)13-9-6-10-19-16(13)21-11-14(18)15(20-21)12-7-4-3-5-8-12;16-12-9-19(14-11(15(20)21)7-4-8-17-14)18-13(12)10-5-2-1-3-6-10/h3-11H,2H2,1H3;1-9H,(H,20,21). The van der Waals surface area contributed by atoms with E-state index in [0.29, 0.717) is 39.4 Å². The zero-order valence-corrected chi connectivity index (χ0v) is 24.7. The summed E-state index contributed by atoms with van der Waals surface area (Å²) in [5, 5.41) is 18.9. The van der Waals surface area contributed by atoms with Crippen molar-refractivity contribution in [3.63, 3.8) is 0 Å². The fraction of sp³-hybridized carbons (Fsp3) is 0.0625. The van der Waals surface area contributed by atoms with Crippen LogP contribution in [0.4, 0.5) is 0 Å². The second-order valence-corrected chi connectivity index (χ2v) is 9.86. The first-order valence-electron chi connectivity index (χ1n) is 13.3. The fourth-order valence-corrected chi connectivity index (χ4v) is 4.68. The first kappa shape index (κ1) is 30.1. The Hall–Kier alpha value is -5.32. The van der Waals surface area contributed by atoms with Crippen LogP contribution in [0.2, 0.25) is 10.0 Å². The number of ether oxygens (including phenoxy) is 1. The molecule has 0 amide bonds. The van der Waals surface area contributed by atoms with Gasteiger partial charge in [0.15, 0.2) is 11.6 Å². The minimum atomic E-state index is -1.06. The highest BCUT2D eigenvalue weighted by atomic mass is 35.5. The van der Waals surface area contributed by atoms with Gasteiger partial charge in [-0.2, -0.15) is 10.2 Å². The molecule has 0 fully saturated rings. The maximum absolute atomic E-state index is 12.1. The zero-order valence-electron chi connectivity index (χ0n) is 23.2. The normalized spacial score (nSPS) is 10.5. The maximum Gasteiger partial charge on any atom is 0.341 e. The van der Waals surface area contributed by atoms with Gasteiger partial charge in [0.05, 0.1) is 29.0 Å². The van der Waals surface area contributed by atoms with E-state index in [0.717, 1.165) is 11.1 Å². The number of rotatable bonds is 7. The van der Waals surface area contributed by atoms with E-state index >= 15 is 0 Å². The van der Waals surface area contributed by atoms with Crippen LogP contribution in [-0.4, -0.2) is 53.2 Å². The Kier molecular flexibility index (Phi) is 9.43. The van der Waals surface area contributed by atoms with Gasteiger partial charge in [-0.25, -0.2) is 28.9 Å². The number of esters is 1. The number of aromatic carboxylic acids is 1. The largest absolute Gasteiger partial charge is 0.478 e. The molecule has 4 heterocycles. The Labute approximate surface area is 262 Å². The van der Waals surface area contributed by atoms with Gasteiger partial charge in [-0.3, -0.25) is 0 Å². The van der Waals surface area contributed by atoms with Crippen LogP contribution in [-0.2, 0) is 4.74 Å². The molecule has 220 valence electrons. The molecule has 2 aromatic carbocycles. The average Bonchev–Trinajstić information content (AvgIpc) is 3.64. The monoisotopic (exact) mass is 626 g/mol. The molecule has 10 nitrogen and oxygen atoms in total. The lowest BCUT2D eigenvalue weighted by Gasteiger charge is -2.07. The number of carbonyl (C=O) groups is 2. The van der Waals surface area contributed by atoms with E-state index < -0.39 is 11.9 Å². The molecule has 4 aromatic heterocycles. The highest BCUT2D eigenvalue weighted by molar-refractivity contribution is 6.33. The van der Waals surface area contributed by atoms with Crippen LogP contribution in [0, 0.1) is 0 Å². The molecular formula is C32H24Cl2N6O4. The van der Waals surface area contributed by atoms with Crippen LogP contribution >= 0.6 is 23.2 Å². The van der Waals surface area contributed by atoms with E-state index in [9.17, 15) is 14.7 Å². The number of carbonyl (C=O) groups excluding carboxylic acids is 1. The second kappa shape index (κ2) is 13.8. The molecular weight excluding hydrogens is 603 g/mol. The molecule has 6 aromatic rings. The van der Waals surface area contributed by atoms with Crippen molar-refractivity contribution < 1.29 is 19.4 Å². The molecule has 0 aliphatic rings. The molecule has 0 saturated carbocycles. The van der Waals surface area contributed by atoms with Gasteiger partial charge in [0.2, 0.25) is 0 Å². The van der Waals surface area contributed by atoms with Gasteiger partial charge in [0, 0.05) is 23.5 Å². The van der Waals surface area contributed by atoms with E-state index in [1.165, 1.54) is 21.6 Å². The van der Waals surface area contributed by atoms with Crippen molar-refractivity contribution in [3.8, 4) is 34.2 Å². The van der Waals surface area contributed by atoms with Crippen molar-refractivity contribution in [3.05, 3.63) is 131 Å². The number of carboxylic acids is 1. The van der Waals surface area contributed by atoms with Crippen LogP contribution in [0.1, 0.15) is 27.6 Å². The summed E-state index contributed by atoms with van der Waals surface area (Å²) in [6.45, 7) is 2.05. The highest BCUT2D eigenvalue weighted by Crippen LogP contribution is 2.29. The predicted molar refractivity (Wildman–Crippen MR) is 167 cm³/mol. The van der Waals surface area contributed by atoms with Gasteiger partial charge in [-0.15, -0.1) is 0 Å². The first-order chi connectivity index (χ1) is 21.4. The quantitative estimate of drug-likeness (QED) is 0.187. The molecule has 0 radical (unpaired) electrons. The summed E-state index contributed by atoms with van der Waals surface area (Å²) in [7, 11) is 0. The SMILES string of the molecule is CCOC(=O)c1cccnc1-n1cc(Cl)c(-c2ccccc2)n1.O=C(O)c1cccnc1-n1cc(Cl)c(-c2ccccc2)n1. The van der Waals surface area contributed by atoms with Gasteiger partial charge in [-0.1, -0.05) is 83.9 Å². The summed E-state index contributed by atoms with van der Waals surface area (Å²) in [5.74, 6) is -0.890. The number of hydrogen-bond donors (Lipinski definition) is 1. The van der Waals surface area contributed by atoms with E-state index in [1.54, 1.807) is 43.7 Å². The van der Waals surface area contributed by atoms with Crippen LogP contribution < -0.4 is 0 Å². The molecule has 0 unspecified atom stereocenters. The van der Waals surface area contributed by atoms with Crippen LogP contribution in [0.15, 0.2) is 110 Å². The van der Waals surface area contributed by atoms with E-state index in [4.69, 9.17) is 27.9 Å². The smallest absolute Gasteiger partial charge is 0.341 e. The Balaban J connectivity index is 0.000000175. The number of halogens is 2. The summed E-state index contributed by atoms with van der Waals surface area (Å²) in [6.07, 6.45) is 6.29. The third-order valence-electron chi connectivity index (χ3n) is 6.17. The lowest BCUT2D eigenvalue weighted by molar-refractivity contribution is 0.0525.